The second-order valence-corrected chi connectivity index (χ2v) is 6.79. The van der Waals surface area contributed by atoms with Gasteiger partial charge in [0.25, 0.3) is 0 Å². The van der Waals surface area contributed by atoms with Crippen LogP contribution in [-0.2, 0) is 16.0 Å². The highest BCUT2D eigenvalue weighted by Crippen LogP contribution is 2.43. The van der Waals surface area contributed by atoms with E-state index in [9.17, 15) is 9.90 Å². The van der Waals surface area contributed by atoms with Crippen LogP contribution in [0, 0.1) is 0 Å². The maximum absolute atomic E-state index is 11.6. The summed E-state index contributed by atoms with van der Waals surface area (Å²) in [6, 6.07) is 6.15. The number of rotatable bonds is 2. The molecule has 0 aromatic heterocycles. The lowest BCUT2D eigenvalue weighted by atomic mass is 9.90. The standard InChI is InChI=1S/C20H21NO3/c1-12-9-15-7-4-8-16(19(15)21(12)11-22)20-13(2)17(23)10-18(24-20)14-5-3-6-14/h4,7-8,10-12,23H,3,5-6,9H2,1-2H3. The van der Waals surface area contributed by atoms with Gasteiger partial charge in [-0.2, -0.15) is 0 Å². The van der Waals surface area contributed by atoms with Gasteiger partial charge in [-0.05, 0) is 56.7 Å². The normalized spacial score (nSPS) is 22.8. The number of allylic oxidation sites excluding steroid dienone is 3. The quantitative estimate of drug-likeness (QED) is 0.828. The molecule has 4 nitrogen and oxygen atoms in total. The van der Waals surface area contributed by atoms with Crippen LogP contribution in [0.15, 0.2) is 46.9 Å². The SMILES string of the molecule is CC1=C(c2cccc3c2N(C=O)C(C)C3)OC(=C2CCC2)C=C1O. The third kappa shape index (κ3) is 2.17. The molecule has 2 aliphatic heterocycles. The molecule has 0 spiro atoms. The number of ether oxygens (including phenoxy) is 1. The molecule has 1 aromatic rings. The monoisotopic (exact) mass is 323 g/mol. The van der Waals surface area contributed by atoms with Crippen LogP contribution in [0.2, 0.25) is 0 Å². The molecule has 1 aliphatic carbocycles. The van der Waals surface area contributed by atoms with Gasteiger partial charge in [-0.3, -0.25) is 4.79 Å². The molecule has 1 unspecified atom stereocenters. The predicted octanol–water partition coefficient (Wildman–Crippen LogP) is 4.24. The molecule has 4 rings (SSSR count). The molecule has 1 fully saturated rings. The first-order chi connectivity index (χ1) is 11.6. The average molecular weight is 323 g/mol. The van der Waals surface area contributed by atoms with Gasteiger partial charge in [-0.25, -0.2) is 0 Å². The number of hydrogen-bond donors (Lipinski definition) is 1. The molecule has 3 aliphatic rings. The summed E-state index contributed by atoms with van der Waals surface area (Å²) < 4.78 is 6.19. The van der Waals surface area contributed by atoms with Gasteiger partial charge < -0.3 is 14.7 Å². The van der Waals surface area contributed by atoms with Crippen LogP contribution in [0.1, 0.15) is 44.2 Å². The average Bonchev–Trinajstić information content (AvgIpc) is 2.84. The minimum absolute atomic E-state index is 0.136. The number of para-hydroxylation sites is 1. The molecule has 1 N–H and O–H groups in total. The van der Waals surface area contributed by atoms with Crippen LogP contribution < -0.4 is 4.90 Å². The van der Waals surface area contributed by atoms with Gasteiger partial charge in [-0.15, -0.1) is 0 Å². The fourth-order valence-corrected chi connectivity index (χ4v) is 3.63. The number of carbonyl (C=O) groups excluding carboxylic acids is 1. The highest BCUT2D eigenvalue weighted by Gasteiger charge is 2.32. The molecule has 0 saturated heterocycles. The summed E-state index contributed by atoms with van der Waals surface area (Å²) in [5.41, 5.74) is 4.88. The van der Waals surface area contributed by atoms with E-state index in [1.54, 1.807) is 11.0 Å². The van der Waals surface area contributed by atoms with Crippen LogP contribution in [0.4, 0.5) is 5.69 Å². The first-order valence-corrected chi connectivity index (χ1v) is 8.48. The van der Waals surface area contributed by atoms with Gasteiger partial charge in [0.05, 0.1) is 5.69 Å². The number of hydrogen-bond acceptors (Lipinski definition) is 3. The molecule has 1 saturated carbocycles. The van der Waals surface area contributed by atoms with Gasteiger partial charge in [0.1, 0.15) is 17.3 Å². The lowest BCUT2D eigenvalue weighted by Crippen LogP contribution is -2.28. The number of anilines is 1. The fourth-order valence-electron chi connectivity index (χ4n) is 3.63. The van der Waals surface area contributed by atoms with E-state index < -0.39 is 0 Å². The summed E-state index contributed by atoms with van der Waals surface area (Å²) in [6.45, 7) is 3.90. The molecule has 1 atom stereocenters. The minimum Gasteiger partial charge on any atom is -0.507 e. The maximum Gasteiger partial charge on any atom is 0.214 e. The Morgan fingerprint density at radius 3 is 2.79 bits per heavy atom. The smallest absolute Gasteiger partial charge is 0.214 e. The van der Waals surface area contributed by atoms with Crippen LogP contribution in [-0.4, -0.2) is 17.6 Å². The first kappa shape index (κ1) is 15.1. The molecule has 1 amide bonds. The zero-order valence-corrected chi connectivity index (χ0v) is 14.0. The Morgan fingerprint density at radius 2 is 2.12 bits per heavy atom. The summed E-state index contributed by atoms with van der Waals surface area (Å²) in [5, 5.41) is 10.4. The largest absolute Gasteiger partial charge is 0.507 e. The van der Waals surface area contributed by atoms with Crippen molar-refractivity contribution >= 4 is 17.9 Å². The summed E-state index contributed by atoms with van der Waals surface area (Å²) in [6.07, 6.45) is 6.66. The summed E-state index contributed by atoms with van der Waals surface area (Å²) in [5.74, 6) is 1.66. The van der Waals surface area contributed by atoms with Gasteiger partial charge in [0.15, 0.2) is 0 Å². The highest BCUT2D eigenvalue weighted by atomic mass is 16.5. The third-order valence-corrected chi connectivity index (χ3v) is 5.24. The summed E-state index contributed by atoms with van der Waals surface area (Å²) in [4.78, 5) is 13.4. The highest BCUT2D eigenvalue weighted by molar-refractivity contribution is 5.89. The number of carbonyl (C=O) groups is 1. The van der Waals surface area contributed by atoms with Crippen molar-refractivity contribution in [1.82, 2.24) is 0 Å². The molecule has 0 bridgehead atoms. The second-order valence-electron chi connectivity index (χ2n) is 6.79. The summed E-state index contributed by atoms with van der Waals surface area (Å²) >= 11 is 0. The van der Waals surface area contributed by atoms with Crippen molar-refractivity contribution in [2.24, 2.45) is 0 Å². The van der Waals surface area contributed by atoms with Crippen molar-refractivity contribution in [3.8, 4) is 0 Å². The van der Waals surface area contributed by atoms with Crippen LogP contribution in [0.3, 0.4) is 0 Å². The summed E-state index contributed by atoms with van der Waals surface area (Å²) in [7, 11) is 0. The van der Waals surface area contributed by atoms with Crippen molar-refractivity contribution in [1.29, 1.82) is 0 Å². The van der Waals surface area contributed by atoms with Gasteiger partial charge in [-0.1, -0.05) is 12.1 Å². The van der Waals surface area contributed by atoms with E-state index in [1.165, 1.54) is 12.0 Å². The number of amides is 1. The molecule has 124 valence electrons. The number of nitrogens with zero attached hydrogens (tertiary/aromatic N) is 1. The molecule has 0 radical (unpaired) electrons. The molecule has 24 heavy (non-hydrogen) atoms. The molecule has 4 heteroatoms. The van der Waals surface area contributed by atoms with E-state index in [0.29, 0.717) is 11.3 Å². The van der Waals surface area contributed by atoms with Gasteiger partial charge in [0.2, 0.25) is 6.41 Å². The predicted molar refractivity (Wildman–Crippen MR) is 93.4 cm³/mol. The van der Waals surface area contributed by atoms with Gasteiger partial charge in [0, 0.05) is 23.3 Å². The van der Waals surface area contributed by atoms with E-state index in [-0.39, 0.29) is 11.8 Å². The Bertz CT molecular complexity index is 810. The Hall–Kier alpha value is -2.49. The van der Waals surface area contributed by atoms with E-state index in [4.69, 9.17) is 4.74 Å². The minimum atomic E-state index is 0.136. The van der Waals surface area contributed by atoms with Crippen LogP contribution in [0.25, 0.3) is 5.76 Å². The number of aliphatic hydroxyl groups excluding tert-OH is 1. The lowest BCUT2D eigenvalue weighted by Gasteiger charge is -2.27. The van der Waals surface area contributed by atoms with Crippen molar-refractivity contribution in [2.45, 2.75) is 45.6 Å². The maximum atomic E-state index is 11.6. The zero-order chi connectivity index (χ0) is 16.8. The number of benzene rings is 1. The van der Waals surface area contributed by atoms with Crippen molar-refractivity contribution < 1.29 is 14.6 Å². The Balaban J connectivity index is 1.85. The molecular formula is C20H21NO3. The fraction of sp³-hybridized carbons (Fsp3) is 0.350. The molecular weight excluding hydrogens is 302 g/mol. The third-order valence-electron chi connectivity index (χ3n) is 5.24. The van der Waals surface area contributed by atoms with Crippen molar-refractivity contribution in [2.75, 3.05) is 4.90 Å². The van der Waals surface area contributed by atoms with Crippen LogP contribution in [0.5, 0.6) is 0 Å². The Kier molecular flexibility index (Phi) is 3.48. The molecule has 2 heterocycles. The zero-order valence-electron chi connectivity index (χ0n) is 14.0. The lowest BCUT2D eigenvalue weighted by molar-refractivity contribution is -0.107. The first-order valence-electron chi connectivity index (χ1n) is 8.48. The van der Waals surface area contributed by atoms with Crippen LogP contribution >= 0.6 is 0 Å². The second kappa shape index (κ2) is 5.55. The van der Waals surface area contributed by atoms with E-state index >= 15 is 0 Å². The van der Waals surface area contributed by atoms with Crippen molar-refractivity contribution in [3.05, 3.63) is 58.1 Å². The van der Waals surface area contributed by atoms with Crippen molar-refractivity contribution in [3.63, 3.8) is 0 Å². The van der Waals surface area contributed by atoms with E-state index in [1.807, 2.05) is 26.0 Å². The number of fused-ring (bicyclic) bond motifs is 1. The topological polar surface area (TPSA) is 49.8 Å². The Morgan fingerprint density at radius 1 is 1.33 bits per heavy atom. The van der Waals surface area contributed by atoms with E-state index in [2.05, 4.69) is 6.07 Å². The molecule has 1 aromatic carbocycles. The van der Waals surface area contributed by atoms with Gasteiger partial charge >= 0.3 is 0 Å². The Labute approximate surface area is 141 Å². The number of aliphatic hydroxyl groups is 1. The van der Waals surface area contributed by atoms with E-state index in [0.717, 1.165) is 48.2 Å².